The summed E-state index contributed by atoms with van der Waals surface area (Å²) in [7, 11) is -3.85. The first-order valence-corrected chi connectivity index (χ1v) is 8.07. The molecule has 8 heteroatoms. The maximum Gasteiger partial charge on any atom is 0.273 e. The fourth-order valence-electron chi connectivity index (χ4n) is 1.48. The molecule has 0 aliphatic rings. The van der Waals surface area contributed by atoms with Gasteiger partial charge in [-0.05, 0) is 25.1 Å². The molecule has 0 spiro atoms. The van der Waals surface area contributed by atoms with E-state index >= 15 is 0 Å². The van der Waals surface area contributed by atoms with Gasteiger partial charge < -0.3 is 5.11 Å². The molecule has 1 aromatic carbocycles. The smallest absolute Gasteiger partial charge is 0.273 e. The van der Waals surface area contributed by atoms with Crippen molar-refractivity contribution in [2.45, 2.75) is 11.1 Å². The lowest BCUT2D eigenvalue weighted by Gasteiger charge is -2.07. The zero-order valence-corrected chi connectivity index (χ0v) is 12.6. The first-order chi connectivity index (χ1) is 9.92. The van der Waals surface area contributed by atoms with Crippen molar-refractivity contribution in [1.29, 1.82) is 0 Å². The molecule has 1 heterocycles. The van der Waals surface area contributed by atoms with Gasteiger partial charge in [0.1, 0.15) is 12.4 Å². The number of hydrogen-bond acceptors (Lipinski definition) is 5. The van der Waals surface area contributed by atoms with E-state index in [0.717, 1.165) is 17.4 Å². The number of benzene rings is 1. The lowest BCUT2D eigenvalue weighted by atomic mass is 10.2. The molecule has 0 unspecified atom stereocenters. The fourth-order valence-corrected chi connectivity index (χ4v) is 3.65. The van der Waals surface area contributed by atoms with Gasteiger partial charge in [0.2, 0.25) is 0 Å². The van der Waals surface area contributed by atoms with Gasteiger partial charge in [0.25, 0.3) is 10.0 Å². The number of nitrogens with zero attached hydrogens (tertiary/aromatic N) is 1. The van der Waals surface area contributed by atoms with Crippen LogP contribution in [0.15, 0.2) is 28.6 Å². The molecular weight excluding hydrogens is 315 g/mol. The Kier molecular flexibility index (Phi) is 4.57. The van der Waals surface area contributed by atoms with Crippen molar-refractivity contribution < 1.29 is 17.9 Å². The zero-order valence-electron chi connectivity index (χ0n) is 10.9. The minimum absolute atomic E-state index is 0.0172. The number of rotatable bonds is 3. The van der Waals surface area contributed by atoms with E-state index in [1.807, 2.05) is 0 Å². The van der Waals surface area contributed by atoms with E-state index in [1.54, 1.807) is 6.92 Å². The van der Waals surface area contributed by atoms with Gasteiger partial charge >= 0.3 is 0 Å². The fraction of sp³-hybridized carbons (Fsp3) is 0.154. The van der Waals surface area contributed by atoms with E-state index < -0.39 is 15.8 Å². The molecule has 2 rings (SSSR count). The Bertz CT molecular complexity index is 819. The Labute approximate surface area is 125 Å². The van der Waals surface area contributed by atoms with Gasteiger partial charge in [-0.15, -0.1) is 11.3 Å². The van der Waals surface area contributed by atoms with Gasteiger partial charge in [0.15, 0.2) is 4.21 Å². The number of thiazole rings is 1. The molecule has 0 radical (unpaired) electrons. The van der Waals surface area contributed by atoms with E-state index in [2.05, 4.69) is 21.5 Å². The number of aliphatic hydroxyl groups is 1. The van der Waals surface area contributed by atoms with Gasteiger partial charge in [-0.3, -0.25) is 4.72 Å². The molecule has 0 saturated heterocycles. The molecule has 0 aliphatic heterocycles. The second kappa shape index (κ2) is 6.22. The van der Waals surface area contributed by atoms with Crippen molar-refractivity contribution in [2.24, 2.45) is 0 Å². The number of anilines is 1. The summed E-state index contributed by atoms with van der Waals surface area (Å²) >= 11 is 1.000. The molecule has 2 N–H and O–H groups in total. The second-order valence-electron chi connectivity index (χ2n) is 3.96. The summed E-state index contributed by atoms with van der Waals surface area (Å²) in [6, 6.07) is 3.84. The molecular formula is C13H11FN2O3S2. The van der Waals surface area contributed by atoms with Gasteiger partial charge in [0.05, 0.1) is 16.9 Å². The molecule has 21 heavy (non-hydrogen) atoms. The van der Waals surface area contributed by atoms with Crippen LogP contribution in [0.3, 0.4) is 0 Å². The van der Waals surface area contributed by atoms with Crippen LogP contribution in [0.1, 0.15) is 10.6 Å². The predicted octanol–water partition coefficient (Wildman–Crippen LogP) is 1.74. The van der Waals surface area contributed by atoms with E-state index in [9.17, 15) is 12.8 Å². The maximum atomic E-state index is 13.9. The summed E-state index contributed by atoms with van der Waals surface area (Å²) in [6.07, 6.45) is 1.22. The molecule has 0 aliphatic carbocycles. The predicted molar refractivity (Wildman–Crippen MR) is 78.0 cm³/mol. The van der Waals surface area contributed by atoms with Crippen molar-refractivity contribution in [2.75, 3.05) is 11.3 Å². The third-order valence-corrected chi connectivity index (χ3v) is 5.13. The van der Waals surface area contributed by atoms with Crippen LogP contribution in [0.5, 0.6) is 0 Å². The molecule has 5 nitrogen and oxygen atoms in total. The van der Waals surface area contributed by atoms with Crippen LogP contribution in [0.4, 0.5) is 10.1 Å². The Balaban J connectivity index is 2.27. The first-order valence-electron chi connectivity index (χ1n) is 5.77. The van der Waals surface area contributed by atoms with Crippen LogP contribution in [0.25, 0.3) is 0 Å². The Morgan fingerprint density at radius 1 is 1.48 bits per heavy atom. The van der Waals surface area contributed by atoms with Crippen LogP contribution in [0, 0.1) is 24.6 Å². The van der Waals surface area contributed by atoms with E-state index in [4.69, 9.17) is 5.11 Å². The summed E-state index contributed by atoms with van der Waals surface area (Å²) in [5, 5.41) is 9.17. The summed E-state index contributed by atoms with van der Waals surface area (Å²) < 4.78 is 40.2. The Hall–Kier alpha value is -1.95. The standard InChI is InChI=1S/C13H11FN2O3S2/c1-9-15-8-13(20-9)21(18,19)16-12-5-4-10(3-2-6-17)7-11(12)14/h4-5,7-8,16-17H,6H2,1H3. The largest absolute Gasteiger partial charge is 0.384 e. The number of aromatic nitrogens is 1. The minimum atomic E-state index is -3.85. The van der Waals surface area contributed by atoms with Crippen LogP contribution >= 0.6 is 11.3 Å². The first kappa shape index (κ1) is 15.4. The molecule has 0 atom stereocenters. The van der Waals surface area contributed by atoms with Crippen molar-refractivity contribution >= 4 is 27.0 Å². The average molecular weight is 326 g/mol. The molecule has 2 aromatic rings. The van der Waals surface area contributed by atoms with Gasteiger partial charge in [0, 0.05) is 5.56 Å². The van der Waals surface area contributed by atoms with Crippen molar-refractivity contribution in [3.8, 4) is 11.8 Å². The summed E-state index contributed by atoms with van der Waals surface area (Å²) in [5.41, 5.74) is 0.175. The van der Waals surface area contributed by atoms with E-state index in [0.29, 0.717) is 10.6 Å². The zero-order chi connectivity index (χ0) is 15.5. The van der Waals surface area contributed by atoms with Crippen molar-refractivity contribution in [3.63, 3.8) is 0 Å². The van der Waals surface area contributed by atoms with Crippen LogP contribution in [0.2, 0.25) is 0 Å². The third kappa shape index (κ3) is 3.78. The van der Waals surface area contributed by atoms with Crippen LogP contribution in [-0.4, -0.2) is 25.1 Å². The highest BCUT2D eigenvalue weighted by molar-refractivity contribution is 7.94. The highest BCUT2D eigenvalue weighted by Crippen LogP contribution is 2.23. The summed E-state index contributed by atoms with van der Waals surface area (Å²) in [5.74, 6) is 4.17. The number of aliphatic hydroxyl groups excluding tert-OH is 1. The lowest BCUT2D eigenvalue weighted by molar-refractivity contribution is 0.350. The molecule has 0 fully saturated rings. The van der Waals surface area contributed by atoms with Crippen LogP contribution in [-0.2, 0) is 10.0 Å². The SMILES string of the molecule is Cc1ncc(S(=O)(=O)Nc2ccc(C#CCO)cc2F)s1. The molecule has 0 bridgehead atoms. The molecule has 0 amide bonds. The molecule has 110 valence electrons. The quantitative estimate of drug-likeness (QED) is 0.842. The van der Waals surface area contributed by atoms with E-state index in [-0.39, 0.29) is 16.5 Å². The number of nitrogens with one attached hydrogen (secondary N) is 1. The highest BCUT2D eigenvalue weighted by Gasteiger charge is 2.18. The Morgan fingerprint density at radius 2 is 2.24 bits per heavy atom. The monoisotopic (exact) mass is 326 g/mol. The topological polar surface area (TPSA) is 79.3 Å². The van der Waals surface area contributed by atoms with Gasteiger partial charge in [-0.25, -0.2) is 17.8 Å². The van der Waals surface area contributed by atoms with E-state index in [1.165, 1.54) is 18.3 Å². The van der Waals surface area contributed by atoms with Crippen molar-refractivity contribution in [3.05, 3.63) is 40.8 Å². The maximum absolute atomic E-state index is 13.9. The number of hydrogen-bond donors (Lipinski definition) is 2. The van der Waals surface area contributed by atoms with Gasteiger partial charge in [-0.2, -0.15) is 0 Å². The van der Waals surface area contributed by atoms with Crippen LogP contribution < -0.4 is 4.72 Å². The normalized spacial score (nSPS) is 10.8. The van der Waals surface area contributed by atoms with Gasteiger partial charge in [-0.1, -0.05) is 11.8 Å². The number of aryl methyl sites for hydroxylation is 1. The average Bonchev–Trinajstić information content (AvgIpc) is 2.86. The Morgan fingerprint density at radius 3 is 2.81 bits per heavy atom. The number of halogens is 1. The molecule has 0 saturated carbocycles. The molecule has 1 aromatic heterocycles. The summed E-state index contributed by atoms with van der Waals surface area (Å²) in [4.78, 5) is 3.86. The lowest BCUT2D eigenvalue weighted by Crippen LogP contribution is -2.12. The highest BCUT2D eigenvalue weighted by atomic mass is 32.2. The second-order valence-corrected chi connectivity index (χ2v) is 7.10. The summed E-state index contributed by atoms with van der Waals surface area (Å²) in [6.45, 7) is 1.35. The minimum Gasteiger partial charge on any atom is -0.384 e. The number of sulfonamides is 1. The van der Waals surface area contributed by atoms with Crippen molar-refractivity contribution in [1.82, 2.24) is 4.98 Å². The third-order valence-electron chi connectivity index (χ3n) is 2.39.